The van der Waals surface area contributed by atoms with E-state index in [0.29, 0.717) is 60.8 Å². The zero-order chi connectivity index (χ0) is 26.7. The summed E-state index contributed by atoms with van der Waals surface area (Å²) in [5.74, 6) is 0.738. The minimum absolute atomic E-state index is 0.118. The van der Waals surface area contributed by atoms with Gasteiger partial charge in [0, 0.05) is 37.4 Å². The molecular weight excluding hydrogens is 522 g/mol. The van der Waals surface area contributed by atoms with Crippen LogP contribution in [0.15, 0.2) is 30.6 Å². The van der Waals surface area contributed by atoms with Crippen molar-refractivity contribution in [2.24, 2.45) is 0 Å². The SMILES string of the molecule is CCOc1cc2ncnc(Nc3ccc(Cl)c(Cl)c3F)c2cc1OC1CCN(C(=O)OC(C)(C)C)CC1. The fourth-order valence-corrected chi connectivity index (χ4v) is 4.25. The molecule has 11 heteroatoms. The molecule has 8 nitrogen and oxygen atoms in total. The number of hydrogen-bond acceptors (Lipinski definition) is 7. The molecule has 0 aliphatic carbocycles. The molecule has 3 aromatic rings. The predicted molar refractivity (Wildman–Crippen MR) is 142 cm³/mol. The Morgan fingerprint density at radius 2 is 1.89 bits per heavy atom. The molecule has 0 saturated carbocycles. The van der Waals surface area contributed by atoms with Crippen molar-refractivity contribution in [3.05, 3.63) is 46.5 Å². The second-order valence-corrected chi connectivity index (χ2v) is 10.4. The number of likely N-dealkylation sites (tertiary alicyclic amines) is 1. The van der Waals surface area contributed by atoms with Crippen molar-refractivity contribution in [3.8, 4) is 11.5 Å². The first-order valence-electron chi connectivity index (χ1n) is 12.0. The molecule has 1 saturated heterocycles. The molecule has 0 radical (unpaired) electrons. The number of aromatic nitrogens is 2. The lowest BCUT2D eigenvalue weighted by atomic mass is 10.1. The monoisotopic (exact) mass is 550 g/mol. The molecule has 1 aliphatic rings. The van der Waals surface area contributed by atoms with Gasteiger partial charge in [0.15, 0.2) is 17.3 Å². The lowest BCUT2D eigenvalue weighted by molar-refractivity contribution is 0.0124. The standard InChI is InChI=1S/C26H29Cl2FN4O4/c1-5-35-20-13-19-16(24(31-14-30-19)32-18-7-6-17(27)22(28)23(18)29)12-21(20)36-15-8-10-33(11-9-15)25(34)37-26(2,3)4/h6-7,12-15H,5,8-11H2,1-4H3,(H,30,31,32). The van der Waals surface area contributed by atoms with Crippen LogP contribution in [0.4, 0.5) is 20.7 Å². The minimum atomic E-state index is -0.680. The van der Waals surface area contributed by atoms with E-state index < -0.39 is 11.4 Å². The van der Waals surface area contributed by atoms with Crippen LogP contribution in [0.2, 0.25) is 10.0 Å². The van der Waals surface area contributed by atoms with Crippen molar-refractivity contribution in [1.29, 1.82) is 0 Å². The minimum Gasteiger partial charge on any atom is -0.490 e. The zero-order valence-corrected chi connectivity index (χ0v) is 22.6. The number of amides is 1. The predicted octanol–water partition coefficient (Wildman–Crippen LogP) is 7.00. The molecular formula is C26H29Cl2FN4O4. The molecule has 0 bridgehead atoms. The number of rotatable bonds is 6. The summed E-state index contributed by atoms with van der Waals surface area (Å²) in [6.07, 6.45) is 2.18. The van der Waals surface area contributed by atoms with Gasteiger partial charge < -0.3 is 24.4 Å². The number of ether oxygens (including phenoxy) is 3. The van der Waals surface area contributed by atoms with Gasteiger partial charge in [-0.1, -0.05) is 23.2 Å². The molecule has 0 unspecified atom stereocenters. The summed E-state index contributed by atoms with van der Waals surface area (Å²) >= 11 is 11.9. The van der Waals surface area contributed by atoms with E-state index in [4.69, 9.17) is 37.4 Å². The van der Waals surface area contributed by atoms with Crippen LogP contribution in [0.3, 0.4) is 0 Å². The average molecular weight is 551 g/mol. The Morgan fingerprint density at radius 1 is 1.16 bits per heavy atom. The van der Waals surface area contributed by atoms with Crippen molar-refractivity contribution in [1.82, 2.24) is 14.9 Å². The third-order valence-electron chi connectivity index (χ3n) is 5.68. The maximum absolute atomic E-state index is 14.7. The third kappa shape index (κ3) is 6.45. The molecule has 1 aliphatic heterocycles. The smallest absolute Gasteiger partial charge is 0.410 e. The van der Waals surface area contributed by atoms with E-state index in [1.807, 2.05) is 27.7 Å². The number of carbonyl (C=O) groups excluding carboxylic acids is 1. The van der Waals surface area contributed by atoms with Crippen LogP contribution in [0.25, 0.3) is 10.9 Å². The Labute approximate surface area is 225 Å². The summed E-state index contributed by atoms with van der Waals surface area (Å²) in [5.41, 5.74) is 0.171. The Morgan fingerprint density at radius 3 is 2.57 bits per heavy atom. The van der Waals surface area contributed by atoms with Gasteiger partial charge >= 0.3 is 6.09 Å². The number of piperidine rings is 1. The van der Waals surface area contributed by atoms with Gasteiger partial charge in [-0.2, -0.15) is 0 Å². The molecule has 1 amide bonds. The molecule has 1 fully saturated rings. The van der Waals surface area contributed by atoms with Crippen LogP contribution >= 0.6 is 23.2 Å². The highest BCUT2D eigenvalue weighted by Crippen LogP contribution is 2.38. The first-order valence-corrected chi connectivity index (χ1v) is 12.8. The van der Waals surface area contributed by atoms with Crippen molar-refractivity contribution in [3.63, 3.8) is 0 Å². The van der Waals surface area contributed by atoms with Crippen LogP contribution in [0.5, 0.6) is 11.5 Å². The normalized spacial score (nSPS) is 14.5. The third-order valence-corrected chi connectivity index (χ3v) is 6.46. The molecule has 0 spiro atoms. The van der Waals surface area contributed by atoms with Crippen LogP contribution in [0, 0.1) is 5.82 Å². The van der Waals surface area contributed by atoms with Crippen molar-refractivity contribution in [2.75, 3.05) is 25.0 Å². The van der Waals surface area contributed by atoms with E-state index in [2.05, 4.69) is 15.3 Å². The molecule has 37 heavy (non-hydrogen) atoms. The second kappa shape index (κ2) is 11.1. The summed E-state index contributed by atoms with van der Waals surface area (Å²) in [4.78, 5) is 22.7. The molecule has 2 heterocycles. The first-order chi connectivity index (χ1) is 17.6. The molecule has 198 valence electrons. The van der Waals surface area contributed by atoms with E-state index in [0.717, 1.165) is 0 Å². The summed E-state index contributed by atoms with van der Waals surface area (Å²) in [6.45, 7) is 8.89. The van der Waals surface area contributed by atoms with Crippen LogP contribution < -0.4 is 14.8 Å². The number of benzene rings is 2. The molecule has 0 atom stereocenters. The fraction of sp³-hybridized carbons (Fsp3) is 0.423. The molecule has 2 aromatic carbocycles. The van der Waals surface area contributed by atoms with E-state index in [-0.39, 0.29) is 27.9 Å². The van der Waals surface area contributed by atoms with Gasteiger partial charge in [0.2, 0.25) is 0 Å². The summed E-state index contributed by atoms with van der Waals surface area (Å²) in [5, 5.41) is 3.53. The maximum atomic E-state index is 14.7. The molecule has 4 rings (SSSR count). The lowest BCUT2D eigenvalue weighted by Gasteiger charge is -2.33. The van der Waals surface area contributed by atoms with Crippen LogP contribution in [0.1, 0.15) is 40.5 Å². The lowest BCUT2D eigenvalue weighted by Crippen LogP contribution is -2.44. The van der Waals surface area contributed by atoms with Crippen molar-refractivity contribution >= 4 is 51.7 Å². The number of fused-ring (bicyclic) bond motifs is 1. The van der Waals surface area contributed by atoms with Crippen LogP contribution in [-0.4, -0.2) is 52.4 Å². The Balaban J connectivity index is 1.57. The second-order valence-electron chi connectivity index (χ2n) is 9.60. The number of carbonyl (C=O) groups is 1. The van der Waals surface area contributed by atoms with E-state index in [1.54, 1.807) is 17.0 Å². The maximum Gasteiger partial charge on any atom is 0.410 e. The Hall–Kier alpha value is -3.04. The highest BCUT2D eigenvalue weighted by Gasteiger charge is 2.28. The highest BCUT2D eigenvalue weighted by molar-refractivity contribution is 6.42. The van der Waals surface area contributed by atoms with Gasteiger partial charge in [-0.05, 0) is 45.9 Å². The van der Waals surface area contributed by atoms with Gasteiger partial charge in [0.25, 0.3) is 0 Å². The van der Waals surface area contributed by atoms with Crippen molar-refractivity contribution in [2.45, 2.75) is 52.2 Å². The van der Waals surface area contributed by atoms with E-state index >= 15 is 0 Å². The zero-order valence-electron chi connectivity index (χ0n) is 21.1. The van der Waals surface area contributed by atoms with Gasteiger partial charge in [-0.15, -0.1) is 0 Å². The number of anilines is 2. The van der Waals surface area contributed by atoms with Gasteiger partial charge in [-0.25, -0.2) is 19.2 Å². The number of halogens is 3. The number of nitrogens with one attached hydrogen (secondary N) is 1. The number of hydrogen-bond donors (Lipinski definition) is 1. The number of nitrogens with zero attached hydrogens (tertiary/aromatic N) is 3. The quantitative estimate of drug-likeness (QED) is 0.330. The Kier molecular flexibility index (Phi) is 8.14. The molecule has 1 aromatic heterocycles. The first kappa shape index (κ1) is 27.0. The largest absolute Gasteiger partial charge is 0.490 e. The summed E-state index contributed by atoms with van der Waals surface area (Å²) in [7, 11) is 0. The molecule has 1 N–H and O–H groups in total. The van der Waals surface area contributed by atoms with E-state index in [9.17, 15) is 9.18 Å². The average Bonchev–Trinajstić information content (AvgIpc) is 2.84. The van der Waals surface area contributed by atoms with E-state index in [1.165, 1.54) is 18.5 Å². The Bertz CT molecular complexity index is 1290. The highest BCUT2D eigenvalue weighted by atomic mass is 35.5. The van der Waals surface area contributed by atoms with Gasteiger partial charge in [-0.3, -0.25) is 0 Å². The van der Waals surface area contributed by atoms with Crippen molar-refractivity contribution < 1.29 is 23.4 Å². The van der Waals surface area contributed by atoms with Crippen LogP contribution in [-0.2, 0) is 4.74 Å². The fourth-order valence-electron chi connectivity index (χ4n) is 3.94. The topological polar surface area (TPSA) is 85.8 Å². The van der Waals surface area contributed by atoms with Gasteiger partial charge in [0.05, 0.1) is 27.9 Å². The summed E-state index contributed by atoms with van der Waals surface area (Å²) < 4.78 is 32.3. The summed E-state index contributed by atoms with van der Waals surface area (Å²) in [6, 6.07) is 6.53. The van der Waals surface area contributed by atoms with Gasteiger partial charge in [0.1, 0.15) is 23.9 Å².